The van der Waals surface area contributed by atoms with Gasteiger partial charge in [-0.3, -0.25) is 9.67 Å². The van der Waals surface area contributed by atoms with Crippen molar-refractivity contribution in [3.63, 3.8) is 0 Å². The summed E-state index contributed by atoms with van der Waals surface area (Å²) in [6.07, 6.45) is 0. The molecule has 1 aromatic carbocycles. The molecule has 0 amide bonds. The number of guanidine groups is 1. The highest BCUT2D eigenvalue weighted by molar-refractivity contribution is 14.0. The summed E-state index contributed by atoms with van der Waals surface area (Å²) in [5, 5.41) is 11.2. The number of para-hydroxylation sites is 1. The van der Waals surface area contributed by atoms with Crippen LogP contribution in [-0.2, 0) is 13.1 Å². The van der Waals surface area contributed by atoms with Crippen molar-refractivity contribution in [2.24, 2.45) is 10.9 Å². The monoisotopic (exact) mass is 471 g/mol. The predicted octanol–water partition coefficient (Wildman–Crippen LogP) is 3.13. The van der Waals surface area contributed by atoms with Gasteiger partial charge in [-0.1, -0.05) is 25.1 Å². The maximum atomic E-state index is 5.38. The highest BCUT2D eigenvalue weighted by Gasteiger charge is 2.09. The molecule has 0 saturated carbocycles. The van der Waals surface area contributed by atoms with Crippen molar-refractivity contribution in [2.45, 2.75) is 33.9 Å². The Morgan fingerprint density at radius 2 is 2.00 bits per heavy atom. The zero-order valence-electron chi connectivity index (χ0n) is 16.2. The Hall–Kier alpha value is -1.77. The van der Waals surface area contributed by atoms with E-state index in [0.29, 0.717) is 12.5 Å². The number of nitrogens with zero attached hydrogens (tertiary/aromatic N) is 3. The zero-order valence-corrected chi connectivity index (χ0v) is 18.6. The Kier molecular flexibility index (Phi) is 9.47. The van der Waals surface area contributed by atoms with Gasteiger partial charge in [0.2, 0.25) is 0 Å². The molecule has 0 bridgehead atoms. The summed E-state index contributed by atoms with van der Waals surface area (Å²) < 4.78 is 7.44. The van der Waals surface area contributed by atoms with Crippen molar-refractivity contribution in [3.8, 4) is 5.75 Å². The van der Waals surface area contributed by atoms with Gasteiger partial charge in [0.05, 0.1) is 12.8 Å². The topological polar surface area (TPSA) is 63.5 Å². The molecule has 1 heterocycles. The maximum Gasteiger partial charge on any atom is 0.191 e. The molecule has 1 aromatic heterocycles. The minimum absolute atomic E-state index is 0. The van der Waals surface area contributed by atoms with Crippen LogP contribution in [0.2, 0.25) is 0 Å². The maximum absolute atomic E-state index is 5.38. The molecule has 1 unspecified atom stereocenters. The largest absolute Gasteiger partial charge is 0.496 e. The Morgan fingerprint density at radius 3 is 2.62 bits per heavy atom. The summed E-state index contributed by atoms with van der Waals surface area (Å²) in [5.41, 5.74) is 3.36. The van der Waals surface area contributed by atoms with Gasteiger partial charge in [-0.15, -0.1) is 24.0 Å². The third-order valence-corrected chi connectivity index (χ3v) is 4.07. The van der Waals surface area contributed by atoms with Crippen LogP contribution in [-0.4, -0.2) is 36.4 Å². The normalized spacial score (nSPS) is 12.3. The molecule has 0 saturated heterocycles. The second-order valence-corrected chi connectivity index (χ2v) is 6.33. The Balaban J connectivity index is 0.00000338. The summed E-state index contributed by atoms with van der Waals surface area (Å²) in [5.74, 6) is 2.09. The van der Waals surface area contributed by atoms with Gasteiger partial charge in [0.25, 0.3) is 0 Å². The molecular weight excluding hydrogens is 441 g/mol. The summed E-state index contributed by atoms with van der Waals surface area (Å²) in [4.78, 5) is 4.29. The van der Waals surface area contributed by atoms with Gasteiger partial charge < -0.3 is 15.4 Å². The van der Waals surface area contributed by atoms with Crippen LogP contribution < -0.4 is 15.4 Å². The Labute approximate surface area is 173 Å². The number of halogens is 1. The predicted molar refractivity (Wildman–Crippen MR) is 117 cm³/mol. The minimum atomic E-state index is 0. The highest BCUT2D eigenvalue weighted by Crippen LogP contribution is 2.16. The number of aromatic nitrogens is 2. The number of aryl methyl sites for hydroxylation is 2. The van der Waals surface area contributed by atoms with E-state index in [9.17, 15) is 0 Å². The molecule has 26 heavy (non-hydrogen) atoms. The van der Waals surface area contributed by atoms with Crippen molar-refractivity contribution in [2.75, 3.05) is 20.7 Å². The number of rotatable bonds is 7. The average molecular weight is 471 g/mol. The quantitative estimate of drug-likeness (QED) is 0.370. The van der Waals surface area contributed by atoms with E-state index in [4.69, 9.17) is 4.74 Å². The number of methoxy groups -OCH3 is 1. The summed E-state index contributed by atoms with van der Waals surface area (Å²) in [7, 11) is 3.47. The summed E-state index contributed by atoms with van der Waals surface area (Å²) in [6, 6.07) is 10.1. The molecule has 0 aliphatic heterocycles. The molecule has 1 atom stereocenters. The number of aliphatic imine (C=N–C) groups is 1. The third kappa shape index (κ3) is 6.51. The number of hydrogen-bond donors (Lipinski definition) is 2. The van der Waals surface area contributed by atoms with Crippen LogP contribution in [0.3, 0.4) is 0 Å². The van der Waals surface area contributed by atoms with Crippen molar-refractivity contribution in [3.05, 3.63) is 47.3 Å². The van der Waals surface area contributed by atoms with Crippen LogP contribution >= 0.6 is 24.0 Å². The number of nitrogens with one attached hydrogen (secondary N) is 2. The van der Waals surface area contributed by atoms with E-state index in [0.717, 1.165) is 36.1 Å². The van der Waals surface area contributed by atoms with Crippen LogP contribution in [0.4, 0.5) is 0 Å². The van der Waals surface area contributed by atoms with Crippen LogP contribution in [0, 0.1) is 19.8 Å². The first-order valence-electron chi connectivity index (χ1n) is 8.61. The molecule has 2 rings (SSSR count). The number of benzene rings is 1. The van der Waals surface area contributed by atoms with Crippen molar-refractivity contribution in [1.82, 2.24) is 20.4 Å². The van der Waals surface area contributed by atoms with Crippen LogP contribution in [0.15, 0.2) is 35.3 Å². The standard InChI is InChI=1S/C19H29N5O.HI/c1-14(13-24-16(3)10-15(2)23-24)11-21-19(20-4)22-12-17-8-6-7-9-18(17)25-5;/h6-10,14H,11-13H2,1-5H3,(H2,20,21,22);1H. The van der Waals surface area contributed by atoms with Gasteiger partial charge in [-0.05, 0) is 31.9 Å². The van der Waals surface area contributed by atoms with Gasteiger partial charge in [0.15, 0.2) is 5.96 Å². The van der Waals surface area contributed by atoms with E-state index in [1.54, 1.807) is 14.2 Å². The van der Waals surface area contributed by atoms with E-state index >= 15 is 0 Å². The molecule has 7 heteroatoms. The van der Waals surface area contributed by atoms with Crippen LogP contribution in [0.1, 0.15) is 23.9 Å². The number of ether oxygens (including phenoxy) is 1. The fourth-order valence-electron chi connectivity index (χ4n) is 2.74. The van der Waals surface area contributed by atoms with Crippen molar-refractivity contribution >= 4 is 29.9 Å². The lowest BCUT2D eigenvalue weighted by Crippen LogP contribution is -2.39. The van der Waals surface area contributed by atoms with Crippen molar-refractivity contribution in [1.29, 1.82) is 0 Å². The van der Waals surface area contributed by atoms with Gasteiger partial charge in [-0.2, -0.15) is 5.10 Å². The van der Waals surface area contributed by atoms with E-state index in [1.165, 1.54) is 5.69 Å². The summed E-state index contributed by atoms with van der Waals surface area (Å²) >= 11 is 0. The Bertz CT molecular complexity index is 714. The van der Waals surface area contributed by atoms with Crippen LogP contribution in [0.5, 0.6) is 5.75 Å². The first-order valence-corrected chi connectivity index (χ1v) is 8.61. The molecule has 2 aromatic rings. The number of hydrogen-bond acceptors (Lipinski definition) is 3. The highest BCUT2D eigenvalue weighted by atomic mass is 127. The zero-order chi connectivity index (χ0) is 18.2. The molecule has 6 nitrogen and oxygen atoms in total. The van der Waals surface area contributed by atoms with Gasteiger partial charge >= 0.3 is 0 Å². The van der Waals surface area contributed by atoms with E-state index in [-0.39, 0.29) is 24.0 Å². The lowest BCUT2D eigenvalue weighted by Gasteiger charge is -2.17. The average Bonchev–Trinajstić information content (AvgIpc) is 2.92. The molecule has 0 aliphatic carbocycles. The molecule has 0 radical (unpaired) electrons. The van der Waals surface area contributed by atoms with Gasteiger partial charge in [0.1, 0.15) is 5.75 Å². The Morgan fingerprint density at radius 1 is 1.27 bits per heavy atom. The molecule has 2 N–H and O–H groups in total. The smallest absolute Gasteiger partial charge is 0.191 e. The molecular formula is C19H30IN5O. The first kappa shape index (κ1) is 22.3. The second-order valence-electron chi connectivity index (χ2n) is 6.33. The van der Waals surface area contributed by atoms with E-state index in [2.05, 4.69) is 45.3 Å². The lowest BCUT2D eigenvalue weighted by molar-refractivity contribution is 0.409. The third-order valence-electron chi connectivity index (χ3n) is 4.07. The fourth-order valence-corrected chi connectivity index (χ4v) is 2.74. The summed E-state index contributed by atoms with van der Waals surface area (Å²) in [6.45, 7) is 8.69. The minimum Gasteiger partial charge on any atom is -0.496 e. The molecule has 0 spiro atoms. The van der Waals surface area contributed by atoms with E-state index in [1.807, 2.05) is 31.2 Å². The second kappa shape index (κ2) is 11.1. The molecule has 0 fully saturated rings. The first-order chi connectivity index (χ1) is 12.0. The van der Waals surface area contributed by atoms with Crippen molar-refractivity contribution < 1.29 is 4.74 Å². The SMILES string of the molecule is CN=C(NCc1ccccc1OC)NCC(C)Cn1nc(C)cc1C.I. The molecule has 0 aliphatic rings. The van der Waals surface area contributed by atoms with Crippen LogP contribution in [0.25, 0.3) is 0 Å². The molecule has 144 valence electrons. The van der Waals surface area contributed by atoms with E-state index < -0.39 is 0 Å². The van der Waals surface area contributed by atoms with Gasteiger partial charge in [0, 0.05) is 37.9 Å². The lowest BCUT2D eigenvalue weighted by atomic mass is 10.2. The van der Waals surface area contributed by atoms with Gasteiger partial charge in [-0.25, -0.2) is 0 Å². The fraction of sp³-hybridized carbons (Fsp3) is 0.474.